The van der Waals surface area contributed by atoms with Crippen LogP contribution < -0.4 is 0 Å². The van der Waals surface area contributed by atoms with Crippen molar-refractivity contribution >= 4 is 17.8 Å². The second kappa shape index (κ2) is 5.73. The lowest BCUT2D eigenvalue weighted by atomic mass is 10.2. The Morgan fingerprint density at radius 3 is 2.71 bits per heavy atom. The Morgan fingerprint density at radius 1 is 1.59 bits per heavy atom. The van der Waals surface area contributed by atoms with Crippen LogP contribution in [0.2, 0.25) is 0 Å². The molecule has 92 valence electrons. The molecular formula is C11H16N4OS. The maximum Gasteiger partial charge on any atom is 0.346 e. The third kappa shape index (κ3) is 3.24. The number of carbonyl (C=O) groups excluding carboxylic acids is 1. The molecule has 6 heteroatoms. The number of thioether (sulfide) groups is 1. The van der Waals surface area contributed by atoms with Crippen LogP contribution in [0.3, 0.4) is 0 Å². The molecule has 0 fully saturated rings. The number of carbonyl (C=O) groups is 1. The van der Waals surface area contributed by atoms with Crippen LogP contribution in [0.15, 0.2) is 5.16 Å². The van der Waals surface area contributed by atoms with Crippen LogP contribution >= 0.6 is 11.8 Å². The van der Waals surface area contributed by atoms with Crippen LogP contribution in [0.5, 0.6) is 0 Å². The predicted octanol–water partition coefficient (Wildman–Crippen LogP) is 1.66. The second-order valence-electron chi connectivity index (χ2n) is 3.99. The van der Waals surface area contributed by atoms with E-state index in [1.807, 2.05) is 13.8 Å². The third-order valence-electron chi connectivity index (χ3n) is 1.96. The molecular weight excluding hydrogens is 236 g/mol. The zero-order valence-corrected chi connectivity index (χ0v) is 11.3. The van der Waals surface area contributed by atoms with Gasteiger partial charge in [-0.1, -0.05) is 31.5 Å². The predicted molar refractivity (Wildman–Crippen MR) is 68.1 cm³/mol. The highest BCUT2D eigenvalue weighted by Gasteiger charge is 2.18. The zero-order chi connectivity index (χ0) is 13.0. The van der Waals surface area contributed by atoms with Gasteiger partial charge in [0.1, 0.15) is 0 Å². The van der Waals surface area contributed by atoms with Crippen LogP contribution in [0.4, 0.5) is 4.79 Å². The van der Waals surface area contributed by atoms with Gasteiger partial charge in [-0.2, -0.15) is 4.68 Å². The van der Waals surface area contributed by atoms with E-state index >= 15 is 0 Å². The molecule has 0 aliphatic heterocycles. The first kappa shape index (κ1) is 13.6. The average Bonchev–Trinajstić information content (AvgIpc) is 2.69. The van der Waals surface area contributed by atoms with Crippen LogP contribution in [0, 0.1) is 12.3 Å². The summed E-state index contributed by atoms with van der Waals surface area (Å²) in [6, 6.07) is -0.219. The molecule has 0 spiro atoms. The number of amides is 1. The van der Waals surface area contributed by atoms with Gasteiger partial charge in [0.05, 0.1) is 5.75 Å². The monoisotopic (exact) mass is 252 g/mol. The van der Waals surface area contributed by atoms with E-state index in [2.05, 4.69) is 16.0 Å². The topological polar surface area (TPSA) is 51.0 Å². The van der Waals surface area contributed by atoms with Gasteiger partial charge in [0.15, 0.2) is 11.0 Å². The van der Waals surface area contributed by atoms with Crippen molar-refractivity contribution in [2.45, 2.75) is 24.9 Å². The highest BCUT2D eigenvalue weighted by atomic mass is 32.2. The molecule has 1 rings (SSSR count). The largest absolute Gasteiger partial charge is 0.346 e. The van der Waals surface area contributed by atoms with E-state index in [1.54, 1.807) is 14.1 Å². The van der Waals surface area contributed by atoms with Gasteiger partial charge in [-0.3, -0.25) is 0 Å². The molecule has 0 unspecified atom stereocenters. The number of rotatable bonds is 3. The molecule has 1 amide bonds. The van der Waals surface area contributed by atoms with Crippen molar-refractivity contribution < 1.29 is 4.79 Å². The Labute approximate surface area is 106 Å². The molecule has 0 N–H and O–H groups in total. The standard InChI is InChI=1S/C11H16N4OS/c1-6-7-17-10-12-9(8(2)3)13-15(10)11(16)14(4)5/h1,8H,7H2,2-5H3. The molecule has 0 bridgehead atoms. The summed E-state index contributed by atoms with van der Waals surface area (Å²) in [5, 5.41) is 4.76. The Balaban J connectivity index is 3.08. The number of hydrogen-bond acceptors (Lipinski definition) is 4. The Hall–Kier alpha value is -1.48. The van der Waals surface area contributed by atoms with Crippen LogP contribution in [-0.2, 0) is 0 Å². The van der Waals surface area contributed by atoms with Crippen molar-refractivity contribution in [3.63, 3.8) is 0 Å². The fourth-order valence-corrected chi connectivity index (χ4v) is 1.68. The summed E-state index contributed by atoms with van der Waals surface area (Å²) in [4.78, 5) is 17.7. The van der Waals surface area contributed by atoms with Gasteiger partial charge < -0.3 is 4.90 Å². The van der Waals surface area contributed by atoms with E-state index in [0.717, 1.165) is 0 Å². The Bertz CT molecular complexity index is 445. The molecule has 0 aromatic carbocycles. The molecule has 17 heavy (non-hydrogen) atoms. The third-order valence-corrected chi connectivity index (χ3v) is 2.79. The lowest BCUT2D eigenvalue weighted by molar-refractivity contribution is 0.213. The van der Waals surface area contributed by atoms with Gasteiger partial charge >= 0.3 is 6.03 Å². The SMILES string of the molecule is C#CCSc1nc(C(C)C)nn1C(=O)N(C)C. The summed E-state index contributed by atoms with van der Waals surface area (Å²) in [7, 11) is 3.35. The average molecular weight is 252 g/mol. The van der Waals surface area contributed by atoms with E-state index in [0.29, 0.717) is 16.7 Å². The molecule has 5 nitrogen and oxygen atoms in total. The summed E-state index contributed by atoms with van der Waals surface area (Å²) in [6.07, 6.45) is 5.21. The summed E-state index contributed by atoms with van der Waals surface area (Å²) >= 11 is 1.34. The van der Waals surface area contributed by atoms with Crippen molar-refractivity contribution in [3.8, 4) is 12.3 Å². The summed E-state index contributed by atoms with van der Waals surface area (Å²) in [5.41, 5.74) is 0. The molecule has 0 atom stereocenters. The molecule has 0 radical (unpaired) electrons. The molecule has 0 saturated carbocycles. The van der Waals surface area contributed by atoms with Crippen molar-refractivity contribution in [3.05, 3.63) is 5.82 Å². The molecule has 1 heterocycles. The van der Waals surface area contributed by atoms with Crippen molar-refractivity contribution in [1.29, 1.82) is 0 Å². The molecule has 1 aromatic rings. The highest BCUT2D eigenvalue weighted by molar-refractivity contribution is 7.99. The zero-order valence-electron chi connectivity index (χ0n) is 10.5. The first-order chi connectivity index (χ1) is 7.97. The van der Waals surface area contributed by atoms with E-state index in [-0.39, 0.29) is 11.9 Å². The van der Waals surface area contributed by atoms with Gasteiger partial charge in [-0.15, -0.1) is 11.5 Å². The van der Waals surface area contributed by atoms with Crippen LogP contribution in [0.1, 0.15) is 25.6 Å². The van der Waals surface area contributed by atoms with Gasteiger partial charge in [-0.05, 0) is 0 Å². The van der Waals surface area contributed by atoms with Crippen molar-refractivity contribution in [2.75, 3.05) is 19.8 Å². The maximum absolute atomic E-state index is 11.9. The van der Waals surface area contributed by atoms with Crippen molar-refractivity contribution in [1.82, 2.24) is 19.7 Å². The van der Waals surface area contributed by atoms with E-state index in [1.165, 1.54) is 21.3 Å². The van der Waals surface area contributed by atoms with Gasteiger partial charge in [-0.25, -0.2) is 9.78 Å². The normalized spacial score (nSPS) is 10.4. The Kier molecular flexibility index (Phi) is 4.58. The first-order valence-electron chi connectivity index (χ1n) is 5.22. The number of terminal acetylenes is 1. The minimum atomic E-state index is -0.219. The Morgan fingerprint density at radius 2 is 2.24 bits per heavy atom. The smallest absolute Gasteiger partial charge is 0.329 e. The van der Waals surface area contributed by atoms with E-state index in [9.17, 15) is 4.79 Å². The fraction of sp³-hybridized carbons (Fsp3) is 0.545. The van der Waals surface area contributed by atoms with Crippen LogP contribution in [-0.4, -0.2) is 45.5 Å². The minimum Gasteiger partial charge on any atom is -0.329 e. The maximum atomic E-state index is 11.9. The molecule has 1 aromatic heterocycles. The second-order valence-corrected chi connectivity index (χ2v) is 4.93. The molecule has 0 saturated heterocycles. The fourth-order valence-electron chi connectivity index (χ4n) is 1.07. The molecule has 0 aliphatic carbocycles. The molecule has 0 aliphatic rings. The summed E-state index contributed by atoms with van der Waals surface area (Å²) < 4.78 is 1.30. The number of hydrogen-bond donors (Lipinski definition) is 0. The van der Waals surface area contributed by atoms with Gasteiger partial charge in [0, 0.05) is 20.0 Å². The first-order valence-corrected chi connectivity index (χ1v) is 6.20. The van der Waals surface area contributed by atoms with Crippen molar-refractivity contribution in [2.24, 2.45) is 0 Å². The van der Waals surface area contributed by atoms with Gasteiger partial charge in [0.25, 0.3) is 0 Å². The van der Waals surface area contributed by atoms with Crippen LogP contribution in [0.25, 0.3) is 0 Å². The van der Waals surface area contributed by atoms with E-state index < -0.39 is 0 Å². The lowest BCUT2D eigenvalue weighted by Crippen LogP contribution is -2.28. The highest BCUT2D eigenvalue weighted by Crippen LogP contribution is 2.19. The summed E-state index contributed by atoms with van der Waals surface area (Å²) in [6.45, 7) is 3.96. The lowest BCUT2D eigenvalue weighted by Gasteiger charge is -2.10. The minimum absolute atomic E-state index is 0.177. The van der Waals surface area contributed by atoms with Gasteiger partial charge in [0.2, 0.25) is 0 Å². The summed E-state index contributed by atoms with van der Waals surface area (Å²) in [5.74, 6) is 3.81. The quantitative estimate of drug-likeness (QED) is 0.606. The van der Waals surface area contributed by atoms with E-state index in [4.69, 9.17) is 6.42 Å². The number of aromatic nitrogens is 3. The number of nitrogens with zero attached hydrogens (tertiary/aromatic N) is 4.